The van der Waals surface area contributed by atoms with E-state index in [1.807, 2.05) is 42.5 Å². The van der Waals surface area contributed by atoms with Crippen molar-refractivity contribution >= 4 is 23.6 Å². The lowest BCUT2D eigenvalue weighted by molar-refractivity contribution is -0.123. The molecule has 9 heteroatoms. The predicted molar refractivity (Wildman–Crippen MR) is 142 cm³/mol. The van der Waals surface area contributed by atoms with Gasteiger partial charge in [-0.3, -0.25) is 4.79 Å². The van der Waals surface area contributed by atoms with E-state index in [1.54, 1.807) is 37.3 Å². The first-order chi connectivity index (χ1) is 17.9. The Kier molecular flexibility index (Phi) is 10.8. The number of rotatable bonds is 12. The molecule has 0 radical (unpaired) electrons. The maximum Gasteiger partial charge on any atom is 0.408 e. The van der Waals surface area contributed by atoms with Gasteiger partial charge in [0.05, 0.1) is 11.1 Å². The molecule has 0 aliphatic carbocycles. The summed E-state index contributed by atoms with van der Waals surface area (Å²) in [6.45, 7) is 2.45. The third kappa shape index (κ3) is 9.09. The summed E-state index contributed by atoms with van der Waals surface area (Å²) >= 11 is 6.26. The fourth-order valence-electron chi connectivity index (χ4n) is 3.47. The molecule has 0 saturated carbocycles. The number of benzene rings is 3. The van der Waals surface area contributed by atoms with Crippen LogP contribution in [0.5, 0.6) is 11.5 Å². The van der Waals surface area contributed by atoms with Crippen molar-refractivity contribution in [2.75, 3.05) is 6.54 Å². The van der Waals surface area contributed by atoms with Crippen LogP contribution < -0.4 is 21.1 Å². The van der Waals surface area contributed by atoms with Gasteiger partial charge in [0.25, 0.3) is 0 Å². The second kappa shape index (κ2) is 14.2. The molecule has 0 saturated heterocycles. The van der Waals surface area contributed by atoms with Crippen molar-refractivity contribution in [3.05, 3.63) is 94.5 Å². The number of aliphatic hydroxyl groups excluding tert-OH is 1. The van der Waals surface area contributed by atoms with Crippen LogP contribution in [0, 0.1) is 0 Å². The van der Waals surface area contributed by atoms with Crippen molar-refractivity contribution < 1.29 is 24.2 Å². The standard InChI is InChI=1S/C28H32ClN3O5/c1-19(33)22-11-14-26(24(29)16-22)37-23-12-9-20(10-13-23)17-31-27(34)25(8-5-15-30)32-28(35)36-18-21-6-3-2-4-7-21/h2-4,6-7,9-14,16,19,25,33H,5,8,15,17-18,30H2,1H3,(H,31,34)(H,32,35)/t19?,25-/m0/s1. The van der Waals surface area contributed by atoms with Gasteiger partial charge in [0.1, 0.15) is 24.1 Å². The summed E-state index contributed by atoms with van der Waals surface area (Å²) in [5.74, 6) is 0.723. The van der Waals surface area contributed by atoms with Gasteiger partial charge in [-0.15, -0.1) is 0 Å². The van der Waals surface area contributed by atoms with Crippen LogP contribution in [-0.4, -0.2) is 29.7 Å². The Bertz CT molecular complexity index is 1160. The molecule has 0 aliphatic heterocycles. The lowest BCUT2D eigenvalue weighted by Gasteiger charge is -2.18. The van der Waals surface area contributed by atoms with Crippen molar-refractivity contribution in [2.45, 2.75) is 45.1 Å². The van der Waals surface area contributed by atoms with E-state index in [4.69, 9.17) is 26.8 Å². The third-order valence-electron chi connectivity index (χ3n) is 5.57. The molecular weight excluding hydrogens is 494 g/mol. The maximum absolute atomic E-state index is 12.8. The van der Waals surface area contributed by atoms with Crippen LogP contribution in [0.3, 0.4) is 0 Å². The number of amides is 2. The molecular formula is C28H32ClN3O5. The van der Waals surface area contributed by atoms with Gasteiger partial charge >= 0.3 is 6.09 Å². The van der Waals surface area contributed by atoms with E-state index >= 15 is 0 Å². The Morgan fingerprint density at radius 3 is 2.41 bits per heavy atom. The maximum atomic E-state index is 12.8. The molecule has 2 amide bonds. The smallest absolute Gasteiger partial charge is 0.408 e. The molecule has 0 bridgehead atoms. The lowest BCUT2D eigenvalue weighted by atomic mass is 10.1. The van der Waals surface area contributed by atoms with E-state index in [0.29, 0.717) is 41.5 Å². The minimum Gasteiger partial charge on any atom is -0.456 e. The van der Waals surface area contributed by atoms with Gasteiger partial charge < -0.3 is 30.9 Å². The Balaban J connectivity index is 1.51. The molecule has 0 spiro atoms. The minimum atomic E-state index is -0.763. The molecule has 0 aromatic heterocycles. The number of ether oxygens (including phenoxy) is 2. The minimum absolute atomic E-state index is 0.113. The summed E-state index contributed by atoms with van der Waals surface area (Å²) < 4.78 is 11.1. The summed E-state index contributed by atoms with van der Waals surface area (Å²) in [6, 6.07) is 20.8. The molecule has 3 aromatic rings. The van der Waals surface area contributed by atoms with Crippen molar-refractivity contribution in [3.63, 3.8) is 0 Å². The van der Waals surface area contributed by atoms with E-state index in [9.17, 15) is 14.7 Å². The highest BCUT2D eigenvalue weighted by Crippen LogP contribution is 2.31. The molecule has 0 aliphatic rings. The quantitative estimate of drug-likeness (QED) is 0.268. The molecule has 5 N–H and O–H groups in total. The Morgan fingerprint density at radius 1 is 1.03 bits per heavy atom. The Morgan fingerprint density at radius 2 is 1.76 bits per heavy atom. The summed E-state index contributed by atoms with van der Waals surface area (Å²) in [7, 11) is 0. The van der Waals surface area contributed by atoms with Crippen LogP contribution in [0.2, 0.25) is 5.02 Å². The first kappa shape index (κ1) is 28.0. The van der Waals surface area contributed by atoms with Gasteiger partial charge in [-0.05, 0) is 67.3 Å². The Hall–Kier alpha value is -3.59. The van der Waals surface area contributed by atoms with Crippen LogP contribution in [0.1, 0.15) is 42.6 Å². The molecule has 196 valence electrons. The zero-order chi connectivity index (χ0) is 26.6. The number of nitrogens with one attached hydrogen (secondary N) is 2. The summed E-state index contributed by atoms with van der Waals surface area (Å²) in [4.78, 5) is 25.0. The Labute approximate surface area is 221 Å². The highest BCUT2D eigenvalue weighted by Gasteiger charge is 2.21. The number of halogens is 1. The topological polar surface area (TPSA) is 123 Å². The summed E-state index contributed by atoms with van der Waals surface area (Å²) in [6.07, 6.45) is -0.317. The second-order valence-electron chi connectivity index (χ2n) is 8.52. The van der Waals surface area contributed by atoms with Crippen LogP contribution in [0.25, 0.3) is 0 Å². The first-order valence-electron chi connectivity index (χ1n) is 12.0. The lowest BCUT2D eigenvalue weighted by Crippen LogP contribution is -2.46. The van der Waals surface area contributed by atoms with E-state index in [1.165, 1.54) is 0 Å². The van der Waals surface area contributed by atoms with E-state index < -0.39 is 18.2 Å². The van der Waals surface area contributed by atoms with Crippen LogP contribution in [0.4, 0.5) is 4.79 Å². The van der Waals surface area contributed by atoms with Gasteiger partial charge in [0.15, 0.2) is 0 Å². The number of nitrogens with two attached hydrogens (primary N) is 1. The molecule has 2 atom stereocenters. The highest BCUT2D eigenvalue weighted by atomic mass is 35.5. The molecule has 3 rings (SSSR count). The molecule has 0 heterocycles. The zero-order valence-corrected chi connectivity index (χ0v) is 21.4. The average Bonchev–Trinajstić information content (AvgIpc) is 2.90. The highest BCUT2D eigenvalue weighted by molar-refractivity contribution is 6.32. The van der Waals surface area contributed by atoms with E-state index in [2.05, 4.69) is 10.6 Å². The van der Waals surface area contributed by atoms with Crippen molar-refractivity contribution in [1.82, 2.24) is 10.6 Å². The van der Waals surface area contributed by atoms with Gasteiger partial charge in [0, 0.05) is 6.54 Å². The summed E-state index contributed by atoms with van der Waals surface area (Å²) in [5.41, 5.74) is 8.00. The van der Waals surface area contributed by atoms with Crippen molar-refractivity contribution in [3.8, 4) is 11.5 Å². The van der Waals surface area contributed by atoms with Crippen molar-refractivity contribution in [2.24, 2.45) is 5.73 Å². The van der Waals surface area contributed by atoms with E-state index in [-0.39, 0.29) is 19.1 Å². The van der Waals surface area contributed by atoms with Crippen LogP contribution >= 0.6 is 11.6 Å². The zero-order valence-electron chi connectivity index (χ0n) is 20.7. The normalized spacial score (nSPS) is 12.3. The van der Waals surface area contributed by atoms with Gasteiger partial charge in [-0.2, -0.15) is 0 Å². The first-order valence-corrected chi connectivity index (χ1v) is 12.4. The molecule has 37 heavy (non-hydrogen) atoms. The van der Waals surface area contributed by atoms with Crippen molar-refractivity contribution in [1.29, 1.82) is 0 Å². The van der Waals surface area contributed by atoms with Crippen LogP contribution in [0.15, 0.2) is 72.8 Å². The number of carbonyl (C=O) groups is 2. The number of carbonyl (C=O) groups excluding carboxylic acids is 2. The fourth-order valence-corrected chi connectivity index (χ4v) is 3.70. The largest absolute Gasteiger partial charge is 0.456 e. The average molecular weight is 526 g/mol. The molecule has 8 nitrogen and oxygen atoms in total. The number of hydrogen-bond acceptors (Lipinski definition) is 6. The summed E-state index contributed by atoms with van der Waals surface area (Å²) in [5, 5.41) is 15.6. The fraction of sp³-hybridized carbons (Fsp3) is 0.286. The van der Waals surface area contributed by atoms with E-state index in [0.717, 1.165) is 11.1 Å². The molecule has 3 aromatic carbocycles. The SMILES string of the molecule is CC(O)c1ccc(Oc2ccc(CNC(=O)[C@H](CCCN)NC(=O)OCc3ccccc3)cc2)c(Cl)c1. The van der Waals surface area contributed by atoms with Crippen LogP contribution in [-0.2, 0) is 22.7 Å². The third-order valence-corrected chi connectivity index (χ3v) is 5.87. The predicted octanol–water partition coefficient (Wildman–Crippen LogP) is 4.84. The number of aliphatic hydroxyl groups is 1. The second-order valence-corrected chi connectivity index (χ2v) is 8.93. The number of hydrogen-bond donors (Lipinski definition) is 4. The van der Waals surface area contributed by atoms with Gasteiger partial charge in [-0.25, -0.2) is 4.79 Å². The molecule has 1 unspecified atom stereocenters. The van der Waals surface area contributed by atoms with Gasteiger partial charge in [-0.1, -0.05) is 60.1 Å². The van der Waals surface area contributed by atoms with Gasteiger partial charge in [0.2, 0.25) is 5.91 Å². The molecule has 0 fully saturated rings. The number of alkyl carbamates (subject to hydrolysis) is 1. The monoisotopic (exact) mass is 525 g/mol.